The lowest BCUT2D eigenvalue weighted by molar-refractivity contribution is -0.120. The molecule has 4 heterocycles. The van der Waals surface area contributed by atoms with Crippen LogP contribution in [0.2, 0.25) is 0 Å². The number of thiazole rings is 1. The number of nitrogens with one attached hydrogen (secondary N) is 1. The maximum absolute atomic E-state index is 13.0. The molecule has 0 radical (unpaired) electrons. The van der Waals surface area contributed by atoms with Gasteiger partial charge in [0.25, 0.3) is 0 Å². The fourth-order valence-corrected chi connectivity index (χ4v) is 5.35. The van der Waals surface area contributed by atoms with Crippen molar-refractivity contribution in [2.24, 2.45) is 5.92 Å². The van der Waals surface area contributed by atoms with E-state index >= 15 is 0 Å². The van der Waals surface area contributed by atoms with Crippen molar-refractivity contribution < 1.29 is 9.53 Å². The minimum absolute atomic E-state index is 0.0376. The van der Waals surface area contributed by atoms with Gasteiger partial charge in [0.05, 0.1) is 18.5 Å². The van der Waals surface area contributed by atoms with Crippen LogP contribution in [0, 0.1) is 5.92 Å². The van der Waals surface area contributed by atoms with E-state index in [4.69, 9.17) is 4.74 Å². The van der Waals surface area contributed by atoms with Gasteiger partial charge in [-0.15, -0.1) is 21.5 Å². The molecule has 9 heteroatoms. The Kier molecular flexibility index (Phi) is 6.28. The fraction of sp³-hybridized carbons (Fsp3) is 0.214. The average molecular weight is 511 g/mol. The second-order valence-electron chi connectivity index (χ2n) is 9.06. The molecule has 186 valence electrons. The molecule has 37 heavy (non-hydrogen) atoms. The molecule has 1 aliphatic heterocycles. The molecule has 1 amide bonds. The zero-order chi connectivity index (χ0) is 25.2. The molecule has 8 nitrogen and oxygen atoms in total. The maximum Gasteiger partial charge on any atom is 0.227 e. The Hall–Kier alpha value is -4.24. The van der Waals surface area contributed by atoms with Gasteiger partial charge in [0.2, 0.25) is 5.91 Å². The molecule has 3 aromatic heterocycles. The number of carbonyl (C=O) groups excluding carboxylic acids is 1. The number of nitrogens with zero attached hydrogens (tertiary/aromatic N) is 5. The van der Waals surface area contributed by atoms with E-state index in [0.29, 0.717) is 0 Å². The van der Waals surface area contributed by atoms with Crippen LogP contribution >= 0.6 is 11.3 Å². The molecule has 0 spiro atoms. The number of hydrogen-bond donors (Lipinski definition) is 1. The predicted octanol–water partition coefficient (Wildman–Crippen LogP) is 5.38. The highest BCUT2D eigenvalue weighted by molar-refractivity contribution is 7.15. The number of benzene rings is 2. The summed E-state index contributed by atoms with van der Waals surface area (Å²) in [6.07, 6.45) is 5.54. The number of rotatable bonds is 6. The van der Waals surface area contributed by atoms with E-state index in [-0.39, 0.29) is 11.8 Å². The number of ether oxygens (including phenoxy) is 1. The van der Waals surface area contributed by atoms with Crippen LogP contribution in [-0.4, -0.2) is 45.7 Å². The molecule has 1 fully saturated rings. The summed E-state index contributed by atoms with van der Waals surface area (Å²) in [5.41, 5.74) is 4.49. The van der Waals surface area contributed by atoms with Gasteiger partial charge in [-0.25, -0.2) is 4.98 Å². The van der Waals surface area contributed by atoms with Gasteiger partial charge in [-0.1, -0.05) is 12.1 Å². The van der Waals surface area contributed by atoms with Crippen LogP contribution < -0.4 is 15.0 Å². The Labute approximate surface area is 218 Å². The number of hydrogen-bond acceptors (Lipinski definition) is 7. The second-order valence-corrected chi connectivity index (χ2v) is 9.93. The molecule has 6 rings (SSSR count). The number of fused-ring (bicyclic) bond motifs is 1. The predicted molar refractivity (Wildman–Crippen MR) is 146 cm³/mol. The Morgan fingerprint density at radius 3 is 2.57 bits per heavy atom. The first-order chi connectivity index (χ1) is 18.2. The van der Waals surface area contributed by atoms with E-state index in [2.05, 4.69) is 25.4 Å². The molecule has 1 N–H and O–H groups in total. The molecule has 0 unspecified atom stereocenters. The highest BCUT2D eigenvalue weighted by atomic mass is 32.1. The fourth-order valence-electron chi connectivity index (χ4n) is 4.65. The molecular weight excluding hydrogens is 484 g/mol. The average Bonchev–Trinajstić information content (AvgIpc) is 3.57. The quantitative estimate of drug-likeness (QED) is 0.330. The lowest BCUT2D eigenvalue weighted by Crippen LogP contribution is -2.38. The van der Waals surface area contributed by atoms with E-state index < -0.39 is 0 Å². The summed E-state index contributed by atoms with van der Waals surface area (Å²) in [5, 5.41) is 14.0. The third-order valence-corrected chi connectivity index (χ3v) is 7.52. The monoisotopic (exact) mass is 510 g/mol. The summed E-state index contributed by atoms with van der Waals surface area (Å²) in [6, 6.07) is 19.6. The summed E-state index contributed by atoms with van der Waals surface area (Å²) >= 11 is 1.60. The molecule has 5 aromatic rings. The highest BCUT2D eigenvalue weighted by Crippen LogP contribution is 2.27. The second kappa shape index (κ2) is 10.0. The number of methoxy groups -OCH3 is 1. The van der Waals surface area contributed by atoms with Crippen molar-refractivity contribution in [2.45, 2.75) is 12.8 Å². The first-order valence-corrected chi connectivity index (χ1v) is 13.1. The van der Waals surface area contributed by atoms with Crippen LogP contribution in [0.15, 0.2) is 78.4 Å². The summed E-state index contributed by atoms with van der Waals surface area (Å²) in [7, 11) is 1.65. The zero-order valence-electron chi connectivity index (χ0n) is 20.4. The van der Waals surface area contributed by atoms with Gasteiger partial charge in [-0.05, 0) is 61.4 Å². The van der Waals surface area contributed by atoms with E-state index in [9.17, 15) is 4.79 Å². The highest BCUT2D eigenvalue weighted by Gasteiger charge is 2.26. The minimum Gasteiger partial charge on any atom is -0.497 e. The van der Waals surface area contributed by atoms with Crippen LogP contribution in [0.4, 0.5) is 11.5 Å². The van der Waals surface area contributed by atoms with Crippen molar-refractivity contribution in [3.8, 4) is 28.3 Å². The normalized spacial score (nSPS) is 14.1. The van der Waals surface area contributed by atoms with Crippen molar-refractivity contribution in [2.75, 3.05) is 30.4 Å². The van der Waals surface area contributed by atoms with Crippen molar-refractivity contribution in [3.63, 3.8) is 0 Å². The summed E-state index contributed by atoms with van der Waals surface area (Å²) in [5.74, 6) is 1.67. The molecule has 1 aliphatic rings. The number of aromatic nitrogens is 4. The first kappa shape index (κ1) is 23.2. The van der Waals surface area contributed by atoms with Crippen LogP contribution in [0.1, 0.15) is 12.8 Å². The molecule has 0 saturated carbocycles. The molecule has 2 aromatic carbocycles. The Balaban J connectivity index is 1.05. The Morgan fingerprint density at radius 2 is 1.84 bits per heavy atom. The van der Waals surface area contributed by atoms with Crippen LogP contribution in [0.3, 0.4) is 0 Å². The summed E-state index contributed by atoms with van der Waals surface area (Å²) < 4.78 is 7.23. The van der Waals surface area contributed by atoms with Gasteiger partial charge in [0, 0.05) is 53.6 Å². The van der Waals surface area contributed by atoms with Gasteiger partial charge in [0.15, 0.2) is 10.8 Å². The zero-order valence-corrected chi connectivity index (χ0v) is 21.2. The van der Waals surface area contributed by atoms with Crippen molar-refractivity contribution in [3.05, 3.63) is 78.4 Å². The van der Waals surface area contributed by atoms with Gasteiger partial charge >= 0.3 is 0 Å². The SMILES string of the molecule is COc1ccc(-c2ccc(N3CCC(C(=O)Nc4cccc(-c5cn6ccsc6n5)c4)CC3)nn2)cc1. The van der Waals surface area contributed by atoms with Crippen LogP contribution in [-0.2, 0) is 4.79 Å². The molecule has 1 saturated heterocycles. The van der Waals surface area contributed by atoms with E-state index in [1.54, 1.807) is 18.4 Å². The lowest BCUT2D eigenvalue weighted by atomic mass is 9.95. The summed E-state index contributed by atoms with van der Waals surface area (Å²) in [4.78, 5) is 20.8. The molecule has 0 aliphatic carbocycles. The molecular formula is C28H26N6O2S. The number of anilines is 2. The van der Waals surface area contributed by atoms with E-state index in [1.165, 1.54) is 0 Å². The van der Waals surface area contributed by atoms with Crippen molar-refractivity contribution in [1.29, 1.82) is 0 Å². The van der Waals surface area contributed by atoms with Crippen LogP contribution in [0.5, 0.6) is 5.75 Å². The third kappa shape index (κ3) is 4.90. The molecule has 0 bridgehead atoms. The first-order valence-electron chi connectivity index (χ1n) is 12.2. The van der Waals surface area contributed by atoms with Gasteiger partial charge < -0.3 is 15.0 Å². The number of amides is 1. The van der Waals surface area contributed by atoms with E-state index in [0.717, 1.165) is 70.7 Å². The summed E-state index contributed by atoms with van der Waals surface area (Å²) in [6.45, 7) is 1.53. The number of imidazole rings is 1. The van der Waals surface area contributed by atoms with Crippen LogP contribution in [0.25, 0.3) is 27.5 Å². The molecule has 0 atom stereocenters. The lowest BCUT2D eigenvalue weighted by Gasteiger charge is -2.31. The van der Waals surface area contributed by atoms with Crippen molar-refractivity contribution >= 4 is 33.7 Å². The Bertz CT molecular complexity index is 1490. The topological polar surface area (TPSA) is 84.7 Å². The van der Waals surface area contributed by atoms with Gasteiger partial charge in [-0.2, -0.15) is 0 Å². The van der Waals surface area contributed by atoms with Gasteiger partial charge in [0.1, 0.15) is 5.75 Å². The van der Waals surface area contributed by atoms with E-state index in [1.807, 2.05) is 82.8 Å². The minimum atomic E-state index is -0.0376. The Morgan fingerprint density at radius 1 is 1.00 bits per heavy atom. The number of piperidine rings is 1. The number of carbonyl (C=O) groups is 1. The van der Waals surface area contributed by atoms with Gasteiger partial charge in [-0.3, -0.25) is 9.20 Å². The van der Waals surface area contributed by atoms with Crippen molar-refractivity contribution in [1.82, 2.24) is 19.6 Å². The largest absolute Gasteiger partial charge is 0.497 e. The smallest absolute Gasteiger partial charge is 0.227 e. The maximum atomic E-state index is 13.0. The standard InChI is InChI=1S/C28H26N6O2S/c1-36-23-7-5-19(6-8-23)24-9-10-26(32-31-24)33-13-11-20(12-14-33)27(35)29-22-4-2-3-21(17-22)25-18-34-15-16-37-28(34)30-25/h2-10,15-18,20H,11-14H2,1H3,(H,29,35). The third-order valence-electron chi connectivity index (χ3n) is 6.75.